The number of nitrogens with one attached hydrogen (secondary N) is 1. The minimum absolute atomic E-state index is 0.176. The van der Waals surface area contributed by atoms with Crippen LogP contribution in [0.2, 0.25) is 0 Å². The normalized spacial score (nSPS) is 18.2. The van der Waals surface area contributed by atoms with Crippen molar-refractivity contribution in [1.29, 1.82) is 0 Å². The van der Waals surface area contributed by atoms with Gasteiger partial charge in [0.15, 0.2) is 6.29 Å². The molecule has 19 heavy (non-hydrogen) atoms. The molecule has 0 spiro atoms. The zero-order chi connectivity index (χ0) is 13.5. The first-order valence-electron chi connectivity index (χ1n) is 7.03. The van der Waals surface area contributed by atoms with Crippen LogP contribution >= 0.6 is 0 Å². The number of hydrogen-bond donors (Lipinski definition) is 1. The molecule has 1 N–H and O–H groups in total. The maximum atomic E-state index is 5.65. The number of para-hydroxylation sites is 1. The van der Waals surface area contributed by atoms with Gasteiger partial charge < -0.3 is 19.5 Å². The van der Waals surface area contributed by atoms with Crippen LogP contribution in [0.1, 0.15) is 31.9 Å². The fourth-order valence-corrected chi connectivity index (χ4v) is 2.33. The summed E-state index contributed by atoms with van der Waals surface area (Å²) >= 11 is 0. The molecule has 0 fully saturated rings. The Labute approximate surface area is 115 Å². The third-order valence-electron chi connectivity index (χ3n) is 3.19. The van der Waals surface area contributed by atoms with Crippen LogP contribution in [0.4, 0.5) is 0 Å². The van der Waals surface area contributed by atoms with E-state index >= 15 is 0 Å². The van der Waals surface area contributed by atoms with Crippen LogP contribution in [0.3, 0.4) is 0 Å². The number of benzene rings is 1. The second-order valence-corrected chi connectivity index (χ2v) is 4.48. The summed E-state index contributed by atoms with van der Waals surface area (Å²) in [6, 6.07) is 8.50. The van der Waals surface area contributed by atoms with Gasteiger partial charge in [-0.15, -0.1) is 0 Å². The molecule has 0 aromatic heterocycles. The third-order valence-corrected chi connectivity index (χ3v) is 3.19. The van der Waals surface area contributed by atoms with E-state index in [9.17, 15) is 0 Å². The second-order valence-electron chi connectivity index (χ2n) is 4.48. The van der Waals surface area contributed by atoms with Crippen molar-refractivity contribution in [3.05, 3.63) is 29.8 Å². The van der Waals surface area contributed by atoms with E-state index in [1.807, 2.05) is 32.0 Å². The molecule has 0 aliphatic carbocycles. The van der Waals surface area contributed by atoms with Crippen LogP contribution in [0.25, 0.3) is 0 Å². The summed E-state index contributed by atoms with van der Waals surface area (Å²) in [5.41, 5.74) is 1.22. The van der Waals surface area contributed by atoms with Gasteiger partial charge in [-0.1, -0.05) is 18.2 Å². The summed E-state index contributed by atoms with van der Waals surface area (Å²) in [7, 11) is 0. The summed E-state index contributed by atoms with van der Waals surface area (Å²) in [5.74, 6) is 0.982. The summed E-state index contributed by atoms with van der Waals surface area (Å²) in [5, 5.41) is 3.52. The van der Waals surface area contributed by atoms with Crippen molar-refractivity contribution in [2.45, 2.75) is 32.6 Å². The summed E-state index contributed by atoms with van der Waals surface area (Å²) in [6.45, 7) is 6.74. The van der Waals surface area contributed by atoms with Crippen molar-refractivity contribution in [2.24, 2.45) is 0 Å². The van der Waals surface area contributed by atoms with Crippen molar-refractivity contribution < 1.29 is 14.2 Å². The molecule has 1 aliphatic heterocycles. The molecule has 1 aliphatic rings. The lowest BCUT2D eigenvalue weighted by molar-refractivity contribution is -0.134. The van der Waals surface area contributed by atoms with Gasteiger partial charge in [0.1, 0.15) is 5.75 Å². The summed E-state index contributed by atoms with van der Waals surface area (Å²) in [4.78, 5) is 0. The summed E-state index contributed by atoms with van der Waals surface area (Å²) in [6.07, 6.45) is 0.798. The van der Waals surface area contributed by atoms with Crippen molar-refractivity contribution in [3.8, 4) is 5.75 Å². The Morgan fingerprint density at radius 1 is 1.26 bits per heavy atom. The van der Waals surface area contributed by atoms with Crippen molar-refractivity contribution in [3.63, 3.8) is 0 Å². The molecule has 1 unspecified atom stereocenters. The number of rotatable bonds is 7. The second kappa shape index (κ2) is 7.48. The van der Waals surface area contributed by atoms with Gasteiger partial charge in [-0.2, -0.15) is 0 Å². The van der Waals surface area contributed by atoms with Crippen molar-refractivity contribution in [1.82, 2.24) is 5.32 Å². The quantitative estimate of drug-likeness (QED) is 0.769. The Kier molecular flexibility index (Phi) is 5.63. The van der Waals surface area contributed by atoms with Gasteiger partial charge in [0.25, 0.3) is 0 Å². The van der Waals surface area contributed by atoms with E-state index < -0.39 is 0 Å². The molecule has 0 saturated heterocycles. The monoisotopic (exact) mass is 265 g/mol. The first-order chi connectivity index (χ1) is 9.35. The van der Waals surface area contributed by atoms with Crippen LogP contribution < -0.4 is 10.1 Å². The third kappa shape index (κ3) is 3.93. The van der Waals surface area contributed by atoms with Gasteiger partial charge >= 0.3 is 0 Å². The lowest BCUT2D eigenvalue weighted by Gasteiger charge is -2.28. The maximum absolute atomic E-state index is 5.65. The molecule has 4 nitrogen and oxygen atoms in total. The maximum Gasteiger partial charge on any atom is 0.169 e. The summed E-state index contributed by atoms with van der Waals surface area (Å²) < 4.78 is 16.7. The minimum atomic E-state index is -0.176. The van der Waals surface area contributed by atoms with Gasteiger partial charge in [-0.3, -0.25) is 0 Å². The number of fused-ring (bicyclic) bond motifs is 1. The van der Waals surface area contributed by atoms with Crippen molar-refractivity contribution >= 4 is 0 Å². The van der Waals surface area contributed by atoms with E-state index in [-0.39, 0.29) is 6.29 Å². The molecule has 0 radical (unpaired) electrons. The fourth-order valence-electron chi connectivity index (χ4n) is 2.33. The molecule has 1 heterocycles. The molecule has 1 aromatic rings. The van der Waals surface area contributed by atoms with Crippen LogP contribution in [-0.4, -0.2) is 32.7 Å². The predicted molar refractivity (Wildman–Crippen MR) is 74.3 cm³/mol. The Morgan fingerprint density at radius 3 is 2.74 bits per heavy atom. The Bertz CT molecular complexity index is 377. The van der Waals surface area contributed by atoms with Crippen LogP contribution in [0.15, 0.2) is 24.3 Å². The minimum Gasteiger partial charge on any atom is -0.493 e. The largest absolute Gasteiger partial charge is 0.493 e. The molecule has 0 bridgehead atoms. The molecule has 4 heteroatoms. The zero-order valence-corrected chi connectivity index (χ0v) is 11.7. The number of ether oxygens (including phenoxy) is 3. The lowest BCUT2D eigenvalue weighted by Crippen LogP contribution is -2.36. The average molecular weight is 265 g/mol. The molecule has 0 amide bonds. The van der Waals surface area contributed by atoms with Gasteiger partial charge in [0.05, 0.1) is 6.61 Å². The highest BCUT2D eigenvalue weighted by molar-refractivity contribution is 5.37. The topological polar surface area (TPSA) is 39.7 Å². The van der Waals surface area contributed by atoms with E-state index in [0.29, 0.717) is 25.8 Å². The van der Waals surface area contributed by atoms with E-state index in [4.69, 9.17) is 14.2 Å². The molecular formula is C15H23NO3. The first-order valence-corrected chi connectivity index (χ1v) is 7.03. The molecule has 1 atom stereocenters. The van der Waals surface area contributed by atoms with Crippen molar-refractivity contribution in [2.75, 3.05) is 26.4 Å². The standard InChI is InChI=1S/C15H23NO3/c1-3-17-15(18-4-2)11-16-13-9-10-19-14-8-6-5-7-12(13)14/h5-8,13,15-16H,3-4,9-11H2,1-2H3. The van der Waals surface area contributed by atoms with Crippen LogP contribution in [0.5, 0.6) is 5.75 Å². The van der Waals surface area contributed by atoms with E-state index in [0.717, 1.165) is 18.8 Å². The molecule has 106 valence electrons. The highest BCUT2D eigenvalue weighted by atomic mass is 16.7. The average Bonchev–Trinajstić information content (AvgIpc) is 2.45. The molecule has 0 saturated carbocycles. The SMILES string of the molecule is CCOC(CNC1CCOc2ccccc21)OCC. The highest BCUT2D eigenvalue weighted by Crippen LogP contribution is 2.31. The molecule has 2 rings (SSSR count). The smallest absolute Gasteiger partial charge is 0.169 e. The van der Waals surface area contributed by atoms with Gasteiger partial charge in [0, 0.05) is 37.8 Å². The van der Waals surface area contributed by atoms with Gasteiger partial charge in [-0.05, 0) is 19.9 Å². The lowest BCUT2D eigenvalue weighted by atomic mass is 10.0. The first kappa shape index (κ1) is 14.3. The number of hydrogen-bond acceptors (Lipinski definition) is 4. The van der Waals surface area contributed by atoms with Gasteiger partial charge in [-0.25, -0.2) is 0 Å². The van der Waals surface area contributed by atoms with E-state index in [1.165, 1.54) is 5.56 Å². The molecule has 1 aromatic carbocycles. The van der Waals surface area contributed by atoms with E-state index in [2.05, 4.69) is 11.4 Å². The Hall–Kier alpha value is -1.10. The zero-order valence-electron chi connectivity index (χ0n) is 11.7. The predicted octanol–water partition coefficient (Wildman–Crippen LogP) is 2.50. The Morgan fingerprint density at radius 2 is 2.00 bits per heavy atom. The van der Waals surface area contributed by atoms with Crippen LogP contribution in [0, 0.1) is 0 Å². The molecular weight excluding hydrogens is 242 g/mol. The fraction of sp³-hybridized carbons (Fsp3) is 0.600. The van der Waals surface area contributed by atoms with Crippen LogP contribution in [-0.2, 0) is 9.47 Å². The van der Waals surface area contributed by atoms with E-state index in [1.54, 1.807) is 0 Å². The highest BCUT2D eigenvalue weighted by Gasteiger charge is 2.21. The van der Waals surface area contributed by atoms with Gasteiger partial charge in [0.2, 0.25) is 0 Å². The Balaban J connectivity index is 1.92.